The van der Waals surface area contributed by atoms with Crippen molar-refractivity contribution >= 4 is 15.7 Å². The number of aryl methyl sites for hydroxylation is 1. The van der Waals surface area contributed by atoms with Crippen molar-refractivity contribution < 1.29 is 13.2 Å². The molecule has 5 nitrogen and oxygen atoms in total. The number of carbonyl (C=O) groups is 1. The highest BCUT2D eigenvalue weighted by atomic mass is 32.2. The maximum absolute atomic E-state index is 12.3. The zero-order chi connectivity index (χ0) is 15.6. The van der Waals surface area contributed by atoms with E-state index in [1.807, 2.05) is 0 Å². The lowest BCUT2D eigenvalue weighted by Gasteiger charge is -2.28. The molecule has 1 amide bonds. The van der Waals surface area contributed by atoms with Gasteiger partial charge < -0.3 is 10.6 Å². The van der Waals surface area contributed by atoms with Gasteiger partial charge in [0.1, 0.15) is 0 Å². The van der Waals surface area contributed by atoms with Crippen molar-refractivity contribution in [3.63, 3.8) is 0 Å². The lowest BCUT2D eigenvalue weighted by molar-refractivity contribution is 0.0925. The Hall–Kier alpha value is -1.40. The number of hydrogen-bond donors (Lipinski definition) is 2. The molecule has 1 fully saturated rings. The Balaban J connectivity index is 2.16. The molecule has 0 bridgehead atoms. The van der Waals surface area contributed by atoms with Crippen LogP contribution in [0.5, 0.6) is 0 Å². The number of benzene rings is 1. The quantitative estimate of drug-likeness (QED) is 0.881. The molecule has 2 rings (SSSR count). The molecular weight excluding hydrogens is 288 g/mol. The molecule has 116 valence electrons. The molecule has 0 saturated carbocycles. The average molecular weight is 310 g/mol. The van der Waals surface area contributed by atoms with Crippen molar-refractivity contribution in [2.75, 3.05) is 12.8 Å². The van der Waals surface area contributed by atoms with Gasteiger partial charge in [0.25, 0.3) is 5.91 Å². The smallest absolute Gasteiger partial charge is 0.251 e. The van der Waals surface area contributed by atoms with Gasteiger partial charge in [0.05, 0.1) is 4.90 Å². The van der Waals surface area contributed by atoms with E-state index in [0.29, 0.717) is 17.2 Å². The van der Waals surface area contributed by atoms with E-state index < -0.39 is 9.84 Å². The van der Waals surface area contributed by atoms with E-state index in [1.165, 1.54) is 6.07 Å². The molecule has 2 atom stereocenters. The van der Waals surface area contributed by atoms with Gasteiger partial charge in [-0.3, -0.25) is 4.79 Å². The van der Waals surface area contributed by atoms with Gasteiger partial charge in [0.2, 0.25) is 0 Å². The zero-order valence-corrected chi connectivity index (χ0v) is 13.5. The molecule has 6 heteroatoms. The third kappa shape index (κ3) is 4.04. The molecule has 0 aliphatic carbocycles. The first-order valence-corrected chi connectivity index (χ1v) is 9.01. The minimum absolute atomic E-state index is 0.136. The van der Waals surface area contributed by atoms with Crippen molar-refractivity contribution in [3.05, 3.63) is 29.3 Å². The van der Waals surface area contributed by atoms with Crippen LogP contribution in [0.4, 0.5) is 0 Å². The highest BCUT2D eigenvalue weighted by Crippen LogP contribution is 2.17. The molecule has 1 aliphatic rings. The van der Waals surface area contributed by atoms with Crippen molar-refractivity contribution in [2.45, 2.75) is 43.7 Å². The van der Waals surface area contributed by atoms with Crippen molar-refractivity contribution in [2.24, 2.45) is 0 Å². The summed E-state index contributed by atoms with van der Waals surface area (Å²) in [5.41, 5.74) is 1.05. The Labute approximate surface area is 126 Å². The molecule has 0 aromatic heterocycles. The van der Waals surface area contributed by atoms with Crippen LogP contribution in [0.3, 0.4) is 0 Å². The van der Waals surface area contributed by atoms with Crippen LogP contribution in [-0.2, 0) is 9.84 Å². The van der Waals surface area contributed by atoms with E-state index >= 15 is 0 Å². The minimum atomic E-state index is -3.32. The Morgan fingerprint density at radius 2 is 2.10 bits per heavy atom. The summed E-state index contributed by atoms with van der Waals surface area (Å²) in [5, 5.41) is 6.32. The predicted molar refractivity (Wildman–Crippen MR) is 82.2 cm³/mol. The Bertz CT molecular complexity index is 640. The van der Waals surface area contributed by atoms with Gasteiger partial charge in [-0.15, -0.1) is 0 Å². The van der Waals surface area contributed by atoms with Gasteiger partial charge >= 0.3 is 0 Å². The largest absolute Gasteiger partial charge is 0.349 e. The fourth-order valence-corrected chi connectivity index (χ4v) is 3.67. The molecule has 21 heavy (non-hydrogen) atoms. The summed E-state index contributed by atoms with van der Waals surface area (Å²) in [5.74, 6) is -0.209. The Morgan fingerprint density at radius 1 is 1.38 bits per heavy atom. The van der Waals surface area contributed by atoms with Crippen LogP contribution in [0, 0.1) is 6.92 Å². The topological polar surface area (TPSA) is 75.3 Å². The van der Waals surface area contributed by atoms with Gasteiger partial charge in [0, 0.05) is 23.9 Å². The van der Waals surface area contributed by atoms with E-state index in [4.69, 9.17) is 0 Å². The van der Waals surface area contributed by atoms with Crippen LogP contribution in [0.1, 0.15) is 35.7 Å². The maximum atomic E-state index is 12.3. The number of carbonyl (C=O) groups excluding carboxylic acids is 1. The molecule has 2 N–H and O–H groups in total. The summed E-state index contributed by atoms with van der Waals surface area (Å²) in [4.78, 5) is 12.5. The van der Waals surface area contributed by atoms with E-state index in [2.05, 4.69) is 17.6 Å². The van der Waals surface area contributed by atoms with Crippen molar-refractivity contribution in [1.82, 2.24) is 10.6 Å². The normalized spacial score (nSPS) is 22.8. The van der Waals surface area contributed by atoms with Crippen LogP contribution >= 0.6 is 0 Å². The molecule has 1 aromatic carbocycles. The molecule has 1 aliphatic heterocycles. The molecular formula is C15H22N2O3S. The number of rotatable bonds is 3. The van der Waals surface area contributed by atoms with E-state index in [9.17, 15) is 13.2 Å². The Kier molecular flexibility index (Phi) is 4.68. The number of sulfone groups is 1. The third-order valence-electron chi connectivity index (χ3n) is 3.81. The fraction of sp³-hybridized carbons (Fsp3) is 0.533. The second-order valence-electron chi connectivity index (χ2n) is 5.80. The Morgan fingerprint density at radius 3 is 2.71 bits per heavy atom. The highest BCUT2D eigenvalue weighted by Gasteiger charge is 2.21. The van der Waals surface area contributed by atoms with E-state index in [1.54, 1.807) is 19.1 Å². The van der Waals surface area contributed by atoms with Crippen LogP contribution in [-0.4, -0.2) is 39.2 Å². The maximum Gasteiger partial charge on any atom is 0.251 e. The first-order chi connectivity index (χ1) is 9.77. The summed E-state index contributed by atoms with van der Waals surface area (Å²) in [7, 11) is -3.32. The van der Waals surface area contributed by atoms with Crippen LogP contribution in [0.15, 0.2) is 23.1 Å². The fourth-order valence-electron chi connectivity index (χ4n) is 2.67. The van der Waals surface area contributed by atoms with E-state index in [0.717, 1.165) is 25.6 Å². The lowest BCUT2D eigenvalue weighted by atomic mass is 10.00. The third-order valence-corrected chi connectivity index (χ3v) is 5.05. The second kappa shape index (κ2) is 6.15. The molecule has 1 aromatic rings. The highest BCUT2D eigenvalue weighted by molar-refractivity contribution is 7.90. The van der Waals surface area contributed by atoms with E-state index in [-0.39, 0.29) is 16.8 Å². The number of piperidine rings is 1. The van der Waals surface area contributed by atoms with Crippen molar-refractivity contribution in [1.29, 1.82) is 0 Å². The van der Waals surface area contributed by atoms with Crippen LogP contribution in [0.25, 0.3) is 0 Å². The molecule has 1 saturated heterocycles. The summed E-state index contributed by atoms with van der Waals surface area (Å²) < 4.78 is 23.4. The first kappa shape index (κ1) is 16.0. The minimum Gasteiger partial charge on any atom is -0.349 e. The number of amides is 1. The monoisotopic (exact) mass is 310 g/mol. The molecule has 2 unspecified atom stereocenters. The van der Waals surface area contributed by atoms with Gasteiger partial charge in [0.15, 0.2) is 9.84 Å². The molecule has 0 radical (unpaired) electrons. The van der Waals surface area contributed by atoms with Crippen LogP contribution < -0.4 is 10.6 Å². The van der Waals surface area contributed by atoms with Crippen molar-refractivity contribution in [3.8, 4) is 0 Å². The average Bonchev–Trinajstić information content (AvgIpc) is 2.37. The predicted octanol–water partition coefficient (Wildman–Crippen LogP) is 1.27. The first-order valence-electron chi connectivity index (χ1n) is 7.12. The van der Waals surface area contributed by atoms with Gasteiger partial charge in [-0.05, 0) is 50.9 Å². The summed E-state index contributed by atoms with van der Waals surface area (Å²) in [6, 6.07) is 5.33. The summed E-state index contributed by atoms with van der Waals surface area (Å²) in [6.45, 7) is 4.70. The molecule has 0 spiro atoms. The number of nitrogens with one attached hydrogen (secondary N) is 2. The lowest BCUT2D eigenvalue weighted by Crippen LogP contribution is -2.46. The van der Waals surface area contributed by atoms with Gasteiger partial charge in [-0.1, -0.05) is 6.07 Å². The second-order valence-corrected chi connectivity index (χ2v) is 7.79. The SMILES string of the molecule is Cc1ccc(C(=O)NC2CCNC(C)C2)cc1S(C)(=O)=O. The van der Waals surface area contributed by atoms with Crippen LogP contribution in [0.2, 0.25) is 0 Å². The summed E-state index contributed by atoms with van der Waals surface area (Å²) >= 11 is 0. The summed E-state index contributed by atoms with van der Waals surface area (Å²) in [6.07, 6.45) is 2.93. The molecule has 1 heterocycles. The van der Waals surface area contributed by atoms with Gasteiger partial charge in [-0.25, -0.2) is 8.42 Å². The number of hydrogen-bond acceptors (Lipinski definition) is 4. The standard InChI is InChI=1S/C15H22N2O3S/c1-10-4-5-12(9-14(10)21(3,19)20)15(18)17-13-6-7-16-11(2)8-13/h4-5,9,11,13,16H,6-8H2,1-3H3,(H,17,18). The zero-order valence-electron chi connectivity index (χ0n) is 12.6. The van der Waals surface area contributed by atoms with Gasteiger partial charge in [-0.2, -0.15) is 0 Å².